The van der Waals surface area contributed by atoms with Gasteiger partial charge in [0.25, 0.3) is 0 Å². The SMILES string of the molecule is CC(CC(C)(C)C)=C(NC(=O)OCc1ccccc1)C(=O)O. The van der Waals surface area contributed by atoms with Crippen molar-refractivity contribution in [1.82, 2.24) is 5.32 Å². The van der Waals surface area contributed by atoms with E-state index < -0.39 is 12.1 Å². The lowest BCUT2D eigenvalue weighted by molar-refractivity contribution is -0.133. The highest BCUT2D eigenvalue weighted by molar-refractivity contribution is 5.91. The molecule has 1 rings (SSSR count). The van der Waals surface area contributed by atoms with Gasteiger partial charge in [-0.15, -0.1) is 0 Å². The summed E-state index contributed by atoms with van der Waals surface area (Å²) in [5, 5.41) is 11.6. The number of carboxylic acids is 1. The standard InChI is InChI=1S/C17H23NO4/c1-12(10-17(2,3)4)14(15(19)20)18-16(21)22-11-13-8-6-5-7-9-13/h5-9H,10-11H2,1-4H3,(H,18,21)(H,19,20). The Morgan fingerprint density at radius 2 is 1.77 bits per heavy atom. The smallest absolute Gasteiger partial charge is 0.412 e. The van der Waals surface area contributed by atoms with Gasteiger partial charge in [0.05, 0.1) is 0 Å². The molecule has 0 atom stereocenters. The predicted molar refractivity (Wildman–Crippen MR) is 84.2 cm³/mol. The van der Waals surface area contributed by atoms with Crippen LogP contribution in [0.1, 0.15) is 39.7 Å². The first-order valence-corrected chi connectivity index (χ1v) is 7.10. The fourth-order valence-electron chi connectivity index (χ4n) is 2.09. The van der Waals surface area contributed by atoms with E-state index in [0.29, 0.717) is 12.0 Å². The molecular weight excluding hydrogens is 282 g/mol. The molecule has 0 saturated heterocycles. The van der Waals surface area contributed by atoms with Crippen LogP contribution in [0.2, 0.25) is 0 Å². The lowest BCUT2D eigenvalue weighted by Crippen LogP contribution is -2.29. The number of carbonyl (C=O) groups excluding carboxylic acids is 1. The van der Waals surface area contributed by atoms with Crippen LogP contribution in [0.5, 0.6) is 0 Å². The number of carboxylic acid groups (broad SMARTS) is 1. The summed E-state index contributed by atoms with van der Waals surface area (Å²) in [6, 6.07) is 9.20. The van der Waals surface area contributed by atoms with E-state index in [1.54, 1.807) is 6.92 Å². The van der Waals surface area contributed by atoms with Gasteiger partial charge in [-0.05, 0) is 29.9 Å². The van der Waals surface area contributed by atoms with Crippen molar-refractivity contribution in [2.45, 2.75) is 40.7 Å². The Labute approximate surface area is 131 Å². The van der Waals surface area contributed by atoms with Gasteiger partial charge in [0.1, 0.15) is 12.3 Å². The van der Waals surface area contributed by atoms with Gasteiger partial charge < -0.3 is 9.84 Å². The molecule has 0 fully saturated rings. The molecule has 120 valence electrons. The van der Waals surface area contributed by atoms with Crippen LogP contribution < -0.4 is 5.32 Å². The topological polar surface area (TPSA) is 75.6 Å². The fourth-order valence-corrected chi connectivity index (χ4v) is 2.09. The molecule has 2 N–H and O–H groups in total. The Morgan fingerprint density at radius 3 is 2.27 bits per heavy atom. The third kappa shape index (κ3) is 6.43. The highest BCUT2D eigenvalue weighted by Crippen LogP contribution is 2.25. The first-order chi connectivity index (χ1) is 10.2. The Hall–Kier alpha value is -2.30. The highest BCUT2D eigenvalue weighted by Gasteiger charge is 2.19. The van der Waals surface area contributed by atoms with E-state index in [4.69, 9.17) is 4.74 Å². The average Bonchev–Trinajstić information content (AvgIpc) is 2.41. The largest absolute Gasteiger partial charge is 0.477 e. The number of amides is 1. The second kappa shape index (κ2) is 7.64. The van der Waals surface area contributed by atoms with Crippen LogP contribution >= 0.6 is 0 Å². The third-order valence-corrected chi connectivity index (χ3v) is 2.88. The van der Waals surface area contributed by atoms with Gasteiger partial charge in [-0.25, -0.2) is 9.59 Å². The number of nitrogens with one attached hydrogen (secondary N) is 1. The van der Waals surface area contributed by atoms with Crippen LogP contribution in [0.25, 0.3) is 0 Å². The third-order valence-electron chi connectivity index (χ3n) is 2.88. The zero-order chi connectivity index (χ0) is 16.8. The van der Waals surface area contributed by atoms with Gasteiger partial charge in [-0.3, -0.25) is 5.32 Å². The average molecular weight is 305 g/mol. The minimum absolute atomic E-state index is 0.0690. The van der Waals surface area contributed by atoms with Gasteiger partial charge in [0.2, 0.25) is 0 Å². The lowest BCUT2D eigenvalue weighted by Gasteiger charge is -2.20. The number of alkyl carbamates (subject to hydrolysis) is 1. The first-order valence-electron chi connectivity index (χ1n) is 7.10. The van der Waals surface area contributed by atoms with Crippen LogP contribution in [-0.4, -0.2) is 17.2 Å². The van der Waals surface area contributed by atoms with Crippen molar-refractivity contribution in [3.05, 3.63) is 47.2 Å². The van der Waals surface area contributed by atoms with Crippen molar-refractivity contribution in [2.24, 2.45) is 5.41 Å². The zero-order valence-electron chi connectivity index (χ0n) is 13.5. The van der Waals surface area contributed by atoms with Gasteiger partial charge in [-0.1, -0.05) is 51.1 Å². The molecule has 0 unspecified atom stereocenters. The van der Waals surface area contributed by atoms with E-state index in [9.17, 15) is 14.7 Å². The van der Waals surface area contributed by atoms with Crippen LogP contribution in [0.15, 0.2) is 41.6 Å². The summed E-state index contributed by atoms with van der Waals surface area (Å²) < 4.78 is 5.04. The number of allylic oxidation sites excluding steroid dienone is 1. The number of benzene rings is 1. The second-order valence-corrected chi connectivity index (χ2v) is 6.38. The van der Waals surface area contributed by atoms with E-state index in [1.807, 2.05) is 51.1 Å². The first kappa shape index (κ1) is 17.8. The molecule has 5 heteroatoms. The molecule has 22 heavy (non-hydrogen) atoms. The summed E-state index contributed by atoms with van der Waals surface area (Å²) in [6.07, 6.45) is -0.206. The van der Waals surface area contributed by atoms with Crippen molar-refractivity contribution in [1.29, 1.82) is 0 Å². The summed E-state index contributed by atoms with van der Waals surface area (Å²) in [5.74, 6) is -1.17. The number of ether oxygens (including phenoxy) is 1. The van der Waals surface area contributed by atoms with E-state index in [2.05, 4.69) is 5.32 Å². The normalized spacial score (nSPS) is 12.4. The van der Waals surface area contributed by atoms with E-state index in [0.717, 1.165) is 5.56 Å². The minimum atomic E-state index is -1.17. The molecule has 5 nitrogen and oxygen atoms in total. The van der Waals surface area contributed by atoms with Crippen molar-refractivity contribution >= 4 is 12.1 Å². The maximum absolute atomic E-state index is 11.8. The maximum atomic E-state index is 11.8. The van der Waals surface area contributed by atoms with Gasteiger partial charge in [0, 0.05) is 0 Å². The molecule has 0 aliphatic heterocycles. The van der Waals surface area contributed by atoms with Crippen LogP contribution in [0, 0.1) is 5.41 Å². The molecule has 0 heterocycles. The quantitative estimate of drug-likeness (QED) is 0.813. The lowest BCUT2D eigenvalue weighted by atomic mass is 9.88. The molecule has 1 aromatic carbocycles. The number of aliphatic carboxylic acids is 1. The number of hydrogen-bond acceptors (Lipinski definition) is 3. The molecule has 0 radical (unpaired) electrons. The van der Waals surface area contributed by atoms with Crippen molar-refractivity contribution in [3.63, 3.8) is 0 Å². The zero-order valence-corrected chi connectivity index (χ0v) is 13.5. The molecule has 0 spiro atoms. The summed E-state index contributed by atoms with van der Waals surface area (Å²) in [6.45, 7) is 7.81. The van der Waals surface area contributed by atoms with Crippen LogP contribution in [-0.2, 0) is 16.1 Å². The fraction of sp³-hybridized carbons (Fsp3) is 0.412. The number of hydrogen-bond donors (Lipinski definition) is 2. The molecule has 0 bridgehead atoms. The predicted octanol–water partition coefficient (Wildman–Crippen LogP) is 3.71. The summed E-state index contributed by atoms with van der Waals surface area (Å²) in [7, 11) is 0. The van der Waals surface area contributed by atoms with Crippen LogP contribution in [0.4, 0.5) is 4.79 Å². The number of rotatable bonds is 5. The summed E-state index contributed by atoms with van der Waals surface area (Å²) >= 11 is 0. The van der Waals surface area contributed by atoms with E-state index in [-0.39, 0.29) is 17.7 Å². The molecule has 1 aromatic rings. The van der Waals surface area contributed by atoms with Gasteiger partial charge in [0.15, 0.2) is 0 Å². The summed E-state index contributed by atoms with van der Waals surface area (Å²) in [5.41, 5.74) is 1.26. The summed E-state index contributed by atoms with van der Waals surface area (Å²) in [4.78, 5) is 23.1. The Bertz CT molecular complexity index is 556. The van der Waals surface area contributed by atoms with Gasteiger partial charge in [-0.2, -0.15) is 0 Å². The maximum Gasteiger partial charge on any atom is 0.412 e. The molecular formula is C17H23NO4. The van der Waals surface area contributed by atoms with Crippen molar-refractivity contribution in [3.8, 4) is 0 Å². The van der Waals surface area contributed by atoms with E-state index in [1.165, 1.54) is 0 Å². The molecule has 0 aromatic heterocycles. The number of carbonyl (C=O) groups is 2. The second-order valence-electron chi connectivity index (χ2n) is 6.38. The highest BCUT2D eigenvalue weighted by atomic mass is 16.5. The van der Waals surface area contributed by atoms with Crippen molar-refractivity contribution in [2.75, 3.05) is 0 Å². The Morgan fingerprint density at radius 1 is 1.18 bits per heavy atom. The van der Waals surface area contributed by atoms with Crippen molar-refractivity contribution < 1.29 is 19.4 Å². The monoisotopic (exact) mass is 305 g/mol. The van der Waals surface area contributed by atoms with Crippen LogP contribution in [0.3, 0.4) is 0 Å². The van der Waals surface area contributed by atoms with Gasteiger partial charge >= 0.3 is 12.1 Å². The van der Waals surface area contributed by atoms with E-state index >= 15 is 0 Å². The Kier molecular flexibility index (Phi) is 6.16. The molecule has 0 aliphatic carbocycles. The Balaban J connectivity index is 2.69. The molecule has 1 amide bonds. The molecule has 0 aliphatic rings. The minimum Gasteiger partial charge on any atom is -0.477 e. The molecule has 0 saturated carbocycles.